The molecule has 7 rings (SSSR count). The molecule has 1 aromatic carbocycles. The van der Waals surface area contributed by atoms with Crippen LogP contribution >= 0.6 is 11.3 Å². The molecule has 11 heteroatoms. The Morgan fingerprint density at radius 3 is 2.78 bits per heavy atom. The molecule has 1 unspecified atom stereocenters. The number of thiazole rings is 1. The molecule has 1 saturated heterocycles. The van der Waals surface area contributed by atoms with Crippen molar-refractivity contribution >= 4 is 39.7 Å². The van der Waals surface area contributed by atoms with Crippen LogP contribution < -0.4 is 10.9 Å². The summed E-state index contributed by atoms with van der Waals surface area (Å²) in [6.07, 6.45) is 12.4. The van der Waals surface area contributed by atoms with Crippen molar-refractivity contribution in [3.05, 3.63) is 94.3 Å². The maximum atomic E-state index is 14.0. The molecule has 1 atom stereocenters. The lowest BCUT2D eigenvalue weighted by molar-refractivity contribution is -0.0208. The number of fused-ring (bicyclic) bond motifs is 1. The summed E-state index contributed by atoms with van der Waals surface area (Å²) < 4.78 is 9.50. The first-order valence-corrected chi connectivity index (χ1v) is 14.3. The van der Waals surface area contributed by atoms with Crippen molar-refractivity contribution in [2.24, 2.45) is 0 Å². The number of nitrogens with zero attached hydrogens (tertiary/aromatic N) is 7. The van der Waals surface area contributed by atoms with Gasteiger partial charge < -0.3 is 19.5 Å². The summed E-state index contributed by atoms with van der Waals surface area (Å²) in [7, 11) is 2.11. The zero-order valence-electron chi connectivity index (χ0n) is 22.7. The lowest BCUT2D eigenvalue weighted by atomic mass is 10.1. The summed E-state index contributed by atoms with van der Waals surface area (Å²) in [6.45, 7) is 4.51. The molecule has 10 nitrogen and oxygen atoms in total. The maximum Gasteiger partial charge on any atom is 0.268 e. The minimum absolute atomic E-state index is 0.0584. The predicted molar refractivity (Wildman–Crippen MR) is 161 cm³/mol. The molecule has 41 heavy (non-hydrogen) atoms. The van der Waals surface area contributed by atoms with Gasteiger partial charge in [-0.15, -0.1) is 11.3 Å². The molecule has 4 aromatic heterocycles. The molecule has 206 valence electrons. The second-order valence-corrected chi connectivity index (χ2v) is 11.0. The molecule has 5 heterocycles. The molecule has 1 fully saturated rings. The molecule has 0 spiro atoms. The van der Waals surface area contributed by atoms with Gasteiger partial charge >= 0.3 is 0 Å². The normalized spacial score (nSPS) is 17.3. The van der Waals surface area contributed by atoms with Crippen LogP contribution in [0.5, 0.6) is 0 Å². The van der Waals surface area contributed by atoms with Crippen molar-refractivity contribution < 1.29 is 4.74 Å². The van der Waals surface area contributed by atoms with E-state index < -0.39 is 0 Å². The van der Waals surface area contributed by atoms with E-state index in [0.717, 1.165) is 48.8 Å². The molecule has 1 N–H and O–H groups in total. The molecular weight excluding hydrogens is 536 g/mol. The minimum atomic E-state index is -0.233. The summed E-state index contributed by atoms with van der Waals surface area (Å²) in [5.41, 5.74) is 5.24. The Kier molecular flexibility index (Phi) is 6.54. The average Bonchev–Trinajstić information content (AvgIpc) is 3.76. The van der Waals surface area contributed by atoms with E-state index in [-0.39, 0.29) is 11.7 Å². The first-order chi connectivity index (χ1) is 20.0. The molecule has 0 saturated carbocycles. The monoisotopic (exact) mass is 564 g/mol. The number of benzene rings is 1. The third kappa shape index (κ3) is 4.77. The van der Waals surface area contributed by atoms with E-state index in [1.54, 1.807) is 23.3 Å². The smallest absolute Gasteiger partial charge is 0.268 e. The Morgan fingerprint density at radius 2 is 2.02 bits per heavy atom. The fraction of sp³-hybridized carbons (Fsp3) is 0.233. The Labute approximate surface area is 240 Å². The number of hydrogen-bond acceptors (Lipinski definition) is 9. The number of ether oxygens (including phenoxy) is 1. The Morgan fingerprint density at radius 1 is 1.15 bits per heavy atom. The van der Waals surface area contributed by atoms with Gasteiger partial charge in [-0.05, 0) is 50.2 Å². The van der Waals surface area contributed by atoms with E-state index in [4.69, 9.17) is 9.72 Å². The summed E-state index contributed by atoms with van der Waals surface area (Å²) in [5.74, 6) is 0.386. The first kappa shape index (κ1) is 25.5. The van der Waals surface area contributed by atoms with Crippen LogP contribution in [0.2, 0.25) is 0 Å². The largest absolute Gasteiger partial charge is 0.371 e. The standard InChI is InChI=1S/C30H28N8O2S/c1-19-26(33-18-37(19)23-5-3-4-6-23)24-15-21-16-32-29(35-27(21)38(28(24)39)30-31-11-14-41-30)34-22-9-7-20(8-10-22)25-17-36(2)12-13-40-25/h3,5-11,14-16,18,25H,4,12-13,17H2,1-2H3,(H,32,34,35). The third-order valence-electron chi connectivity index (χ3n) is 7.45. The molecule has 1 aliphatic heterocycles. The lowest BCUT2D eigenvalue weighted by Crippen LogP contribution is -2.35. The highest BCUT2D eigenvalue weighted by molar-refractivity contribution is 7.12. The highest BCUT2D eigenvalue weighted by atomic mass is 32.1. The van der Waals surface area contributed by atoms with Crippen LogP contribution in [-0.4, -0.2) is 60.7 Å². The van der Waals surface area contributed by atoms with Crippen LogP contribution in [0, 0.1) is 6.92 Å². The van der Waals surface area contributed by atoms with Gasteiger partial charge in [0.2, 0.25) is 5.95 Å². The van der Waals surface area contributed by atoms with Crippen molar-refractivity contribution in [1.29, 1.82) is 0 Å². The fourth-order valence-electron chi connectivity index (χ4n) is 5.28. The Balaban J connectivity index is 1.26. The quantitative estimate of drug-likeness (QED) is 0.309. The number of anilines is 2. The number of likely N-dealkylation sites (N-methyl/N-ethyl adjacent to an activating group) is 1. The molecule has 0 bridgehead atoms. The van der Waals surface area contributed by atoms with Gasteiger partial charge in [0.15, 0.2) is 10.8 Å². The molecule has 5 aromatic rings. The van der Waals surface area contributed by atoms with E-state index in [1.807, 2.05) is 35.1 Å². The number of morpholine rings is 1. The van der Waals surface area contributed by atoms with E-state index in [9.17, 15) is 4.79 Å². The van der Waals surface area contributed by atoms with Gasteiger partial charge in [-0.2, -0.15) is 4.98 Å². The maximum absolute atomic E-state index is 14.0. The fourth-order valence-corrected chi connectivity index (χ4v) is 5.92. The van der Waals surface area contributed by atoms with Crippen LogP contribution in [-0.2, 0) is 4.74 Å². The van der Waals surface area contributed by atoms with Gasteiger partial charge in [0.25, 0.3) is 5.56 Å². The highest BCUT2D eigenvalue weighted by Gasteiger charge is 2.21. The average molecular weight is 565 g/mol. The number of allylic oxidation sites excluding steroid dienone is 4. The Hall–Kier alpha value is -4.45. The van der Waals surface area contributed by atoms with Crippen LogP contribution in [0.25, 0.3) is 33.1 Å². The Bertz CT molecular complexity index is 1850. The number of aromatic nitrogens is 6. The van der Waals surface area contributed by atoms with Crippen molar-refractivity contribution in [3.63, 3.8) is 0 Å². The summed E-state index contributed by atoms with van der Waals surface area (Å²) in [6, 6.07) is 9.92. The summed E-state index contributed by atoms with van der Waals surface area (Å²) in [5, 5.41) is 6.37. The van der Waals surface area contributed by atoms with Crippen LogP contribution in [0.15, 0.2) is 77.5 Å². The summed E-state index contributed by atoms with van der Waals surface area (Å²) >= 11 is 1.38. The summed E-state index contributed by atoms with van der Waals surface area (Å²) in [4.78, 5) is 34.7. The van der Waals surface area contributed by atoms with Gasteiger partial charge in [0.05, 0.1) is 24.0 Å². The molecular formula is C30H28N8O2S. The molecule has 0 amide bonds. The van der Waals surface area contributed by atoms with E-state index in [2.05, 4.69) is 62.6 Å². The lowest BCUT2D eigenvalue weighted by Gasteiger charge is -2.30. The highest BCUT2D eigenvalue weighted by Crippen LogP contribution is 2.28. The van der Waals surface area contributed by atoms with Gasteiger partial charge in [0, 0.05) is 53.3 Å². The zero-order chi connectivity index (χ0) is 27.9. The molecule has 2 aliphatic rings. The topological polar surface area (TPSA) is 103 Å². The molecule has 0 radical (unpaired) electrons. The van der Waals surface area contributed by atoms with Gasteiger partial charge in [-0.25, -0.2) is 19.5 Å². The van der Waals surface area contributed by atoms with Crippen molar-refractivity contribution in [3.8, 4) is 16.4 Å². The van der Waals surface area contributed by atoms with Gasteiger partial charge in [-0.1, -0.05) is 24.3 Å². The van der Waals surface area contributed by atoms with Crippen molar-refractivity contribution in [2.45, 2.75) is 19.4 Å². The number of rotatable bonds is 6. The van der Waals surface area contributed by atoms with E-state index >= 15 is 0 Å². The first-order valence-electron chi connectivity index (χ1n) is 13.5. The zero-order valence-corrected chi connectivity index (χ0v) is 23.5. The number of imidazole rings is 1. The van der Waals surface area contributed by atoms with E-state index in [1.165, 1.54) is 11.3 Å². The van der Waals surface area contributed by atoms with Crippen LogP contribution in [0.3, 0.4) is 0 Å². The second kappa shape index (κ2) is 10.5. The van der Waals surface area contributed by atoms with Crippen molar-refractivity contribution in [2.75, 3.05) is 32.1 Å². The van der Waals surface area contributed by atoms with Crippen LogP contribution in [0.1, 0.15) is 23.8 Å². The predicted octanol–water partition coefficient (Wildman–Crippen LogP) is 4.96. The third-order valence-corrected chi connectivity index (χ3v) is 8.21. The second-order valence-electron chi connectivity index (χ2n) is 10.2. The SMILES string of the molecule is Cc1c(-c2cc3cnc(Nc4ccc(C5CN(C)CCO5)cc4)nc3n(-c3nccs3)c2=O)ncn1C1=CCC=C1. The van der Waals surface area contributed by atoms with Crippen molar-refractivity contribution in [1.82, 2.24) is 34.0 Å². The van der Waals surface area contributed by atoms with E-state index in [0.29, 0.717) is 33.4 Å². The van der Waals surface area contributed by atoms with Crippen LogP contribution in [0.4, 0.5) is 11.6 Å². The molecule has 1 aliphatic carbocycles. The number of nitrogens with one attached hydrogen (secondary N) is 1. The van der Waals surface area contributed by atoms with Gasteiger partial charge in [-0.3, -0.25) is 4.79 Å². The minimum Gasteiger partial charge on any atom is -0.371 e. The number of pyridine rings is 1. The number of hydrogen-bond donors (Lipinski definition) is 1. The van der Waals surface area contributed by atoms with Gasteiger partial charge in [0.1, 0.15) is 6.33 Å².